The summed E-state index contributed by atoms with van der Waals surface area (Å²) in [6.07, 6.45) is -1.32. The summed E-state index contributed by atoms with van der Waals surface area (Å²) in [6, 6.07) is 18.7. The summed E-state index contributed by atoms with van der Waals surface area (Å²) in [5.74, 6) is -1.46. The van der Waals surface area contributed by atoms with Gasteiger partial charge in [0.05, 0.1) is 11.7 Å². The summed E-state index contributed by atoms with van der Waals surface area (Å²) in [5, 5.41) is 17.2. The molecular formula is C20H19ClN4O3. The smallest absolute Gasteiger partial charge is 0.270 e. The number of hydrogen-bond donors (Lipinski definition) is 3. The van der Waals surface area contributed by atoms with Gasteiger partial charge in [0.1, 0.15) is 5.69 Å². The molecular weight excluding hydrogens is 380 g/mol. The van der Waals surface area contributed by atoms with Crippen molar-refractivity contribution in [2.45, 2.75) is 18.6 Å². The van der Waals surface area contributed by atoms with Crippen LogP contribution in [0.4, 0.5) is 0 Å². The highest BCUT2D eigenvalue weighted by Crippen LogP contribution is 2.16. The monoisotopic (exact) mass is 398 g/mol. The SMILES string of the molecule is NC(=O)C(O)C(Cc1ccccc1)NC(=O)c1cc(Cl)nn1-c1ccccc1. The molecule has 0 saturated heterocycles. The van der Waals surface area contributed by atoms with Gasteiger partial charge in [-0.05, 0) is 24.1 Å². The molecule has 2 aromatic carbocycles. The first-order valence-electron chi connectivity index (χ1n) is 8.59. The molecule has 144 valence electrons. The zero-order valence-corrected chi connectivity index (χ0v) is 15.6. The molecule has 0 bridgehead atoms. The highest BCUT2D eigenvalue weighted by atomic mass is 35.5. The summed E-state index contributed by atoms with van der Waals surface area (Å²) in [4.78, 5) is 24.4. The number of primary amides is 1. The molecule has 3 rings (SSSR count). The van der Waals surface area contributed by atoms with E-state index in [4.69, 9.17) is 17.3 Å². The number of carbonyl (C=O) groups excluding carboxylic acids is 2. The van der Waals surface area contributed by atoms with Gasteiger partial charge < -0.3 is 16.2 Å². The standard InChI is InChI=1S/C20H19ClN4O3/c21-17-12-16(25(24-17)14-9-5-2-6-10-14)20(28)23-15(18(26)19(22)27)11-13-7-3-1-4-8-13/h1-10,12,15,18,26H,11H2,(H2,22,27)(H,23,28). The van der Waals surface area contributed by atoms with E-state index in [1.807, 2.05) is 48.5 Å². The lowest BCUT2D eigenvalue weighted by atomic mass is 10.0. The zero-order valence-electron chi connectivity index (χ0n) is 14.8. The number of hydrogen-bond acceptors (Lipinski definition) is 4. The molecule has 2 atom stereocenters. The Labute approximate surface area is 166 Å². The number of benzene rings is 2. The third-order valence-corrected chi connectivity index (χ3v) is 4.39. The normalized spacial score (nSPS) is 12.9. The Balaban J connectivity index is 1.87. The second kappa shape index (κ2) is 8.69. The van der Waals surface area contributed by atoms with Gasteiger partial charge in [0.2, 0.25) is 5.91 Å². The predicted molar refractivity (Wildman–Crippen MR) is 105 cm³/mol. The number of nitrogens with one attached hydrogen (secondary N) is 1. The summed E-state index contributed by atoms with van der Waals surface area (Å²) >= 11 is 6.00. The van der Waals surface area contributed by atoms with E-state index in [9.17, 15) is 14.7 Å². The lowest BCUT2D eigenvalue weighted by Gasteiger charge is -2.22. The Hall–Kier alpha value is -3.16. The molecule has 0 aliphatic heterocycles. The molecule has 1 heterocycles. The van der Waals surface area contributed by atoms with Gasteiger partial charge in [-0.2, -0.15) is 5.10 Å². The van der Waals surface area contributed by atoms with Crippen LogP contribution in [0.25, 0.3) is 5.69 Å². The van der Waals surface area contributed by atoms with E-state index < -0.39 is 24.0 Å². The number of aliphatic hydroxyl groups is 1. The molecule has 0 saturated carbocycles. The minimum atomic E-state index is -1.55. The van der Waals surface area contributed by atoms with Crippen LogP contribution in [-0.4, -0.2) is 38.8 Å². The van der Waals surface area contributed by atoms with E-state index in [2.05, 4.69) is 10.4 Å². The van der Waals surface area contributed by atoms with Crippen LogP contribution in [0, 0.1) is 0 Å². The van der Waals surface area contributed by atoms with E-state index in [0.717, 1.165) is 5.56 Å². The van der Waals surface area contributed by atoms with E-state index in [0.29, 0.717) is 5.69 Å². The maximum atomic E-state index is 12.9. The lowest BCUT2D eigenvalue weighted by molar-refractivity contribution is -0.127. The molecule has 8 heteroatoms. The number of halogens is 1. The Bertz CT molecular complexity index is 960. The van der Waals surface area contributed by atoms with Gasteiger partial charge in [-0.25, -0.2) is 4.68 Å². The van der Waals surface area contributed by atoms with Crippen molar-refractivity contribution in [3.63, 3.8) is 0 Å². The van der Waals surface area contributed by atoms with Gasteiger partial charge in [-0.1, -0.05) is 60.1 Å². The van der Waals surface area contributed by atoms with Crippen LogP contribution in [-0.2, 0) is 11.2 Å². The van der Waals surface area contributed by atoms with Gasteiger partial charge in [0.15, 0.2) is 11.3 Å². The largest absolute Gasteiger partial charge is 0.381 e. The van der Waals surface area contributed by atoms with Crippen LogP contribution in [0.15, 0.2) is 66.7 Å². The van der Waals surface area contributed by atoms with Crippen LogP contribution in [0.2, 0.25) is 5.15 Å². The first-order valence-corrected chi connectivity index (χ1v) is 8.96. The molecule has 0 radical (unpaired) electrons. The van der Waals surface area contributed by atoms with Crippen LogP contribution in [0.5, 0.6) is 0 Å². The van der Waals surface area contributed by atoms with E-state index in [1.165, 1.54) is 10.7 Å². The number of amides is 2. The van der Waals surface area contributed by atoms with Crippen LogP contribution < -0.4 is 11.1 Å². The molecule has 2 unspecified atom stereocenters. The minimum absolute atomic E-state index is 0.143. The van der Waals surface area contributed by atoms with Gasteiger partial charge in [0, 0.05) is 6.07 Å². The number of nitrogens with zero attached hydrogens (tertiary/aromatic N) is 2. The van der Waals surface area contributed by atoms with Gasteiger partial charge >= 0.3 is 0 Å². The number of aromatic nitrogens is 2. The number of aliphatic hydroxyl groups excluding tert-OH is 1. The van der Waals surface area contributed by atoms with Crippen LogP contribution >= 0.6 is 11.6 Å². The molecule has 28 heavy (non-hydrogen) atoms. The predicted octanol–water partition coefficient (Wildman–Crippen LogP) is 1.71. The first kappa shape index (κ1) is 19.6. The maximum absolute atomic E-state index is 12.9. The van der Waals surface area contributed by atoms with E-state index in [1.54, 1.807) is 12.1 Å². The Morgan fingerprint density at radius 1 is 1.11 bits per heavy atom. The molecule has 4 N–H and O–H groups in total. The fraction of sp³-hybridized carbons (Fsp3) is 0.150. The number of rotatable bonds is 7. The fourth-order valence-corrected chi connectivity index (χ4v) is 3.01. The van der Waals surface area contributed by atoms with Crippen molar-refractivity contribution >= 4 is 23.4 Å². The first-order chi connectivity index (χ1) is 13.5. The van der Waals surface area contributed by atoms with Crippen molar-refractivity contribution in [2.75, 3.05) is 0 Å². The molecule has 3 aromatic rings. The number of nitrogens with two attached hydrogens (primary N) is 1. The number of para-hydroxylation sites is 1. The van der Waals surface area contributed by atoms with Crippen LogP contribution in [0.3, 0.4) is 0 Å². The topological polar surface area (TPSA) is 110 Å². The van der Waals surface area contributed by atoms with E-state index >= 15 is 0 Å². The lowest BCUT2D eigenvalue weighted by Crippen LogP contribution is -2.50. The second-order valence-electron chi connectivity index (χ2n) is 6.22. The second-order valence-corrected chi connectivity index (χ2v) is 6.60. The van der Waals surface area contributed by atoms with Crippen molar-refractivity contribution in [2.24, 2.45) is 5.73 Å². The molecule has 1 aromatic heterocycles. The quantitative estimate of drug-likeness (QED) is 0.562. The molecule has 0 spiro atoms. The fourth-order valence-electron chi connectivity index (χ4n) is 2.83. The molecule has 2 amide bonds. The third-order valence-electron chi connectivity index (χ3n) is 4.20. The highest BCUT2D eigenvalue weighted by Gasteiger charge is 2.28. The Morgan fingerprint density at radius 2 is 1.71 bits per heavy atom. The summed E-state index contributed by atoms with van der Waals surface area (Å²) in [7, 11) is 0. The van der Waals surface area contributed by atoms with Gasteiger partial charge in [-0.15, -0.1) is 0 Å². The van der Waals surface area contributed by atoms with E-state index in [-0.39, 0.29) is 17.3 Å². The van der Waals surface area contributed by atoms with Crippen molar-refractivity contribution in [3.05, 3.63) is 83.1 Å². The average Bonchev–Trinajstić information content (AvgIpc) is 3.10. The van der Waals surface area contributed by atoms with Crippen molar-refractivity contribution in [1.82, 2.24) is 15.1 Å². The molecule has 0 aliphatic carbocycles. The Morgan fingerprint density at radius 3 is 2.32 bits per heavy atom. The van der Waals surface area contributed by atoms with Crippen molar-refractivity contribution in [3.8, 4) is 5.69 Å². The maximum Gasteiger partial charge on any atom is 0.270 e. The summed E-state index contributed by atoms with van der Waals surface area (Å²) in [5.41, 5.74) is 6.91. The zero-order chi connectivity index (χ0) is 20.1. The highest BCUT2D eigenvalue weighted by molar-refractivity contribution is 6.29. The van der Waals surface area contributed by atoms with Crippen molar-refractivity contribution < 1.29 is 14.7 Å². The van der Waals surface area contributed by atoms with Gasteiger partial charge in [0.25, 0.3) is 5.91 Å². The number of carbonyl (C=O) groups is 2. The van der Waals surface area contributed by atoms with Crippen LogP contribution in [0.1, 0.15) is 16.1 Å². The molecule has 0 fully saturated rings. The Kier molecular flexibility index (Phi) is 6.08. The minimum Gasteiger partial charge on any atom is -0.381 e. The summed E-state index contributed by atoms with van der Waals surface area (Å²) < 4.78 is 1.40. The molecule has 0 aliphatic rings. The third kappa shape index (κ3) is 4.57. The summed E-state index contributed by atoms with van der Waals surface area (Å²) in [6.45, 7) is 0. The van der Waals surface area contributed by atoms with Crippen molar-refractivity contribution in [1.29, 1.82) is 0 Å². The van der Waals surface area contributed by atoms with Gasteiger partial charge in [-0.3, -0.25) is 9.59 Å². The average molecular weight is 399 g/mol. The molecule has 7 nitrogen and oxygen atoms in total.